The highest BCUT2D eigenvalue weighted by Gasteiger charge is 2.33. The molecule has 81 heavy (non-hydrogen) atoms. The molecule has 440 valence electrons. The van der Waals surface area contributed by atoms with Crippen molar-refractivity contribution in [2.45, 2.75) is 76.3 Å². The molecule has 2 aliphatic heterocycles. The first-order valence-electron chi connectivity index (χ1n) is 26.2. The zero-order chi connectivity index (χ0) is 59.0. The van der Waals surface area contributed by atoms with Gasteiger partial charge in [0.25, 0.3) is 5.91 Å². The molecule has 0 radical (unpaired) electrons. The molecule has 3 aromatic rings. The topological polar surface area (TPSA) is 405 Å². The molecule has 5 rings (SSSR count). The number of aliphatic carboxylic acids is 6. The van der Waals surface area contributed by atoms with Crippen molar-refractivity contribution in [1.82, 2.24) is 55.3 Å². The monoisotopic (exact) mass is 1130 g/mol. The molecule has 3 atom stereocenters. The van der Waals surface area contributed by atoms with Gasteiger partial charge in [0.1, 0.15) is 23.9 Å². The van der Waals surface area contributed by atoms with Crippen LogP contribution in [0.15, 0.2) is 60.9 Å². The number of hydrogen-bond donors (Lipinski definition) is 11. The number of nitrogens with zero attached hydrogens (tertiary/aromatic N) is 7. The molecule has 1 saturated heterocycles. The van der Waals surface area contributed by atoms with Crippen molar-refractivity contribution in [3.63, 3.8) is 0 Å². The van der Waals surface area contributed by atoms with Gasteiger partial charge in [-0.05, 0) is 48.6 Å². The smallest absolute Gasteiger partial charge is 0.317 e. The van der Waals surface area contributed by atoms with Crippen molar-refractivity contribution in [3.8, 4) is 0 Å². The molecule has 0 aliphatic carbocycles. The van der Waals surface area contributed by atoms with E-state index in [-0.39, 0.29) is 110 Å². The largest absolute Gasteiger partial charge is 0.481 e. The van der Waals surface area contributed by atoms with Crippen LogP contribution in [0.25, 0.3) is 0 Å². The van der Waals surface area contributed by atoms with Crippen LogP contribution in [0.1, 0.15) is 65.8 Å². The Hall–Kier alpha value is -8.54. The van der Waals surface area contributed by atoms with Crippen molar-refractivity contribution >= 4 is 71.0 Å². The predicted molar refractivity (Wildman–Crippen MR) is 284 cm³/mol. The number of aromatic amines is 1. The van der Waals surface area contributed by atoms with E-state index in [1.54, 1.807) is 55.1 Å². The zero-order valence-corrected chi connectivity index (χ0v) is 44.6. The van der Waals surface area contributed by atoms with Crippen LogP contribution >= 0.6 is 0 Å². The van der Waals surface area contributed by atoms with Crippen LogP contribution in [0.2, 0.25) is 0 Å². The number of carbonyl (C=O) groups excluding carboxylic acids is 5. The number of anilines is 1. The fourth-order valence-corrected chi connectivity index (χ4v) is 9.18. The number of fused-ring (bicyclic) bond motifs is 1. The molecule has 0 saturated carbocycles. The van der Waals surface area contributed by atoms with Gasteiger partial charge in [0, 0.05) is 115 Å². The predicted octanol–water partition coefficient (Wildman–Crippen LogP) is -1.47. The number of carboxylic acid groups (broad SMARTS) is 6. The van der Waals surface area contributed by atoms with E-state index in [4.69, 9.17) is 0 Å². The Morgan fingerprint density at radius 2 is 1.19 bits per heavy atom. The third-order valence-corrected chi connectivity index (χ3v) is 13.3. The van der Waals surface area contributed by atoms with Crippen molar-refractivity contribution in [3.05, 3.63) is 83.4 Å². The van der Waals surface area contributed by atoms with Gasteiger partial charge in [-0.15, -0.1) is 0 Å². The average molecular weight is 1140 g/mol. The number of benzene rings is 2. The molecular weight excluding hydrogens is 1060 g/mol. The van der Waals surface area contributed by atoms with Crippen molar-refractivity contribution in [2.24, 2.45) is 0 Å². The summed E-state index contributed by atoms with van der Waals surface area (Å²) in [6, 6.07) is 9.82. The lowest BCUT2D eigenvalue weighted by atomic mass is 10.1. The molecule has 3 unspecified atom stereocenters. The van der Waals surface area contributed by atoms with E-state index in [1.807, 2.05) is 30.3 Å². The van der Waals surface area contributed by atoms with Crippen LogP contribution < -0.4 is 21.3 Å². The van der Waals surface area contributed by atoms with Gasteiger partial charge in [-0.2, -0.15) is 0 Å². The molecule has 1 fully saturated rings. The first kappa shape index (κ1) is 63.3. The van der Waals surface area contributed by atoms with Crippen LogP contribution in [0.3, 0.4) is 0 Å². The molecule has 1 aromatic heterocycles. The van der Waals surface area contributed by atoms with E-state index < -0.39 is 129 Å². The Balaban J connectivity index is 1.26. The summed E-state index contributed by atoms with van der Waals surface area (Å²) in [4.78, 5) is 156. The van der Waals surface area contributed by atoms with Crippen molar-refractivity contribution in [2.75, 3.05) is 96.9 Å². The molecule has 2 aromatic carbocycles. The molecule has 2 aliphatic rings. The fraction of sp³-hybridized carbons (Fsp3) is 0.500. The second-order valence-electron chi connectivity index (χ2n) is 19.6. The molecule has 5 amide bonds. The van der Waals surface area contributed by atoms with E-state index >= 15 is 0 Å². The zero-order valence-electron chi connectivity index (χ0n) is 44.6. The lowest BCUT2D eigenvalue weighted by Crippen LogP contribution is -2.55. The summed E-state index contributed by atoms with van der Waals surface area (Å²) in [6.07, 6.45) is 0.551. The standard InChI is InChI=1S/C52H70N12O17/c65-42(30-59-17-19-60(31-46(72)73)21-23-62(33-48(76)77)24-22-61(20-18-59)32-47(74)75)57-39(10-12-44(68)69)50(79)58-38(9-11-43(66)67)49(78)55-13-4-16-63-28-36-25-35(7-8-37(36)56-40(52(63)81)26-45(70)71)51(80)64(29-41-53-14-15-54-41)27-34-5-2-1-3-6-34/h1-3,5-8,14-15,25,38-40,56H,4,9-13,16-24,26-33H2,(H,53,54)(H,55,78)(H,57,65)(H,58,79)(H,66,67)(H,68,69)(H,70,71)(H,72,73)(H,74,75)(H,76,77). The maximum Gasteiger partial charge on any atom is 0.317 e. The minimum Gasteiger partial charge on any atom is -0.481 e. The molecule has 3 heterocycles. The van der Waals surface area contributed by atoms with Crippen LogP contribution in [0.5, 0.6) is 0 Å². The maximum absolute atomic E-state index is 14.2. The van der Waals surface area contributed by atoms with E-state index in [1.165, 1.54) is 4.90 Å². The molecular formula is C52H70N12O17. The van der Waals surface area contributed by atoms with E-state index in [2.05, 4.69) is 31.2 Å². The highest BCUT2D eigenvalue weighted by atomic mass is 16.4. The van der Waals surface area contributed by atoms with Gasteiger partial charge >= 0.3 is 35.8 Å². The summed E-state index contributed by atoms with van der Waals surface area (Å²) in [7, 11) is 0. The Morgan fingerprint density at radius 1 is 0.642 bits per heavy atom. The number of hydrogen-bond acceptors (Lipinski definition) is 17. The van der Waals surface area contributed by atoms with Crippen LogP contribution in [-0.2, 0) is 67.6 Å². The molecule has 29 nitrogen and oxygen atoms in total. The molecule has 11 N–H and O–H groups in total. The van der Waals surface area contributed by atoms with E-state index in [0.717, 1.165) is 5.56 Å². The second-order valence-corrected chi connectivity index (χ2v) is 19.6. The number of carboxylic acids is 6. The van der Waals surface area contributed by atoms with Gasteiger partial charge in [0.05, 0.1) is 39.1 Å². The minimum absolute atomic E-state index is 0.0415. The molecule has 29 heteroatoms. The first-order valence-corrected chi connectivity index (χ1v) is 26.2. The summed E-state index contributed by atoms with van der Waals surface area (Å²) in [5.74, 6) is -10.4. The highest BCUT2D eigenvalue weighted by molar-refractivity contribution is 5.96. The number of rotatable bonds is 29. The lowest BCUT2D eigenvalue weighted by Gasteiger charge is -2.33. The SMILES string of the molecule is O=C(O)CCC(NC(=O)CN1CCN(CC(=O)O)CCN(CC(=O)O)CCN(CC(=O)O)CC1)C(=O)NC(CCC(=O)O)C(=O)NCCCN1Cc2cc(C(=O)N(Cc3ccccc3)Cc3ncc[nH]3)ccc2NC(CC(=O)O)C1=O. The summed E-state index contributed by atoms with van der Waals surface area (Å²) in [5.41, 5.74) is 2.07. The summed E-state index contributed by atoms with van der Waals surface area (Å²) >= 11 is 0. The maximum atomic E-state index is 14.2. The van der Waals surface area contributed by atoms with Crippen LogP contribution in [-0.4, -0.2) is 245 Å². The van der Waals surface area contributed by atoms with Gasteiger partial charge in [-0.1, -0.05) is 30.3 Å². The van der Waals surface area contributed by atoms with Crippen molar-refractivity contribution < 1.29 is 83.4 Å². The number of aromatic nitrogens is 2. The van der Waals surface area contributed by atoms with E-state index in [9.17, 15) is 83.4 Å². The Morgan fingerprint density at radius 3 is 1.69 bits per heavy atom. The van der Waals surface area contributed by atoms with E-state index in [0.29, 0.717) is 17.1 Å². The number of H-pyrrole nitrogens is 1. The third kappa shape index (κ3) is 22.3. The minimum atomic E-state index is -1.57. The summed E-state index contributed by atoms with van der Waals surface area (Å²) in [6.45, 7) is -0.788. The van der Waals surface area contributed by atoms with Gasteiger partial charge in [-0.25, -0.2) is 4.98 Å². The second kappa shape index (κ2) is 31.9. The third-order valence-electron chi connectivity index (χ3n) is 13.3. The number of imidazole rings is 1. The summed E-state index contributed by atoms with van der Waals surface area (Å²) < 4.78 is 0. The Kier molecular flexibility index (Phi) is 24.9. The average Bonchev–Trinajstić information content (AvgIpc) is 3.89. The number of amides is 5. The van der Waals surface area contributed by atoms with Gasteiger partial charge < -0.3 is 66.7 Å². The van der Waals surface area contributed by atoms with Gasteiger partial charge in [-0.3, -0.25) is 72.3 Å². The van der Waals surface area contributed by atoms with Crippen LogP contribution in [0, 0.1) is 0 Å². The molecule has 0 spiro atoms. The molecule has 0 bridgehead atoms. The normalized spacial score (nSPS) is 16.6. The fourth-order valence-electron chi connectivity index (χ4n) is 9.18. The number of carbonyl (C=O) groups is 11. The first-order chi connectivity index (χ1) is 38.6. The Bertz CT molecular complexity index is 2650. The summed E-state index contributed by atoms with van der Waals surface area (Å²) in [5, 5.41) is 68.0. The van der Waals surface area contributed by atoms with Gasteiger partial charge in [0.2, 0.25) is 23.6 Å². The lowest BCUT2D eigenvalue weighted by molar-refractivity contribution is -0.141. The van der Waals surface area contributed by atoms with Crippen LogP contribution in [0.4, 0.5) is 5.69 Å². The van der Waals surface area contributed by atoms with Crippen molar-refractivity contribution in [1.29, 1.82) is 0 Å². The quantitative estimate of drug-likeness (QED) is 0.0354. The number of nitrogens with one attached hydrogen (secondary N) is 5. The Labute approximate surface area is 465 Å². The van der Waals surface area contributed by atoms with Gasteiger partial charge in [0.15, 0.2) is 0 Å². The highest BCUT2D eigenvalue weighted by Crippen LogP contribution is 2.27.